The molecule has 0 radical (unpaired) electrons. The SMILES string of the molecule is N#Cc1ccc(Br)cc1/C=C\C(=O)O. The van der Waals surface area contributed by atoms with Gasteiger partial charge in [0.25, 0.3) is 0 Å². The summed E-state index contributed by atoms with van der Waals surface area (Å²) in [6.07, 6.45) is 2.40. The zero-order valence-electron chi connectivity index (χ0n) is 7.07. The van der Waals surface area contributed by atoms with E-state index in [0.717, 1.165) is 10.5 Å². The second-order valence-electron chi connectivity index (χ2n) is 2.51. The molecule has 1 aromatic carbocycles. The highest BCUT2D eigenvalue weighted by atomic mass is 79.9. The Morgan fingerprint density at radius 1 is 1.57 bits per heavy atom. The lowest BCUT2D eigenvalue weighted by atomic mass is 10.1. The number of carboxylic acids is 1. The molecule has 0 aliphatic heterocycles. The van der Waals surface area contributed by atoms with Crippen LogP contribution in [-0.4, -0.2) is 11.1 Å². The van der Waals surface area contributed by atoms with Crippen LogP contribution in [0.15, 0.2) is 28.7 Å². The first-order valence-corrected chi connectivity index (χ1v) is 4.53. The fourth-order valence-corrected chi connectivity index (χ4v) is 1.31. The minimum absolute atomic E-state index is 0.450. The molecule has 0 heterocycles. The lowest BCUT2D eigenvalue weighted by Crippen LogP contribution is -1.87. The maximum atomic E-state index is 10.3. The summed E-state index contributed by atoms with van der Waals surface area (Å²) in [5, 5.41) is 17.2. The number of carboxylic acid groups (broad SMARTS) is 1. The fraction of sp³-hybridized carbons (Fsp3) is 0. The molecule has 0 aromatic heterocycles. The molecule has 0 bridgehead atoms. The van der Waals surface area contributed by atoms with Crippen molar-refractivity contribution < 1.29 is 9.90 Å². The van der Waals surface area contributed by atoms with Gasteiger partial charge in [-0.25, -0.2) is 4.79 Å². The van der Waals surface area contributed by atoms with E-state index in [-0.39, 0.29) is 0 Å². The Bertz CT molecular complexity index is 432. The Balaban J connectivity index is 3.13. The van der Waals surface area contributed by atoms with Gasteiger partial charge in [0.15, 0.2) is 0 Å². The highest BCUT2D eigenvalue weighted by molar-refractivity contribution is 9.10. The fourth-order valence-electron chi connectivity index (χ4n) is 0.934. The van der Waals surface area contributed by atoms with E-state index in [9.17, 15) is 4.79 Å². The highest BCUT2D eigenvalue weighted by Gasteiger charge is 1.99. The number of nitrogens with zero attached hydrogens (tertiary/aromatic N) is 1. The summed E-state index contributed by atoms with van der Waals surface area (Å²) >= 11 is 3.24. The number of halogens is 1. The van der Waals surface area contributed by atoms with Gasteiger partial charge in [-0.05, 0) is 29.8 Å². The topological polar surface area (TPSA) is 61.1 Å². The minimum Gasteiger partial charge on any atom is -0.478 e. The van der Waals surface area contributed by atoms with Crippen molar-refractivity contribution in [3.05, 3.63) is 39.9 Å². The van der Waals surface area contributed by atoms with E-state index in [1.165, 1.54) is 6.08 Å². The summed E-state index contributed by atoms with van der Waals surface area (Å²) in [6, 6.07) is 7.04. The minimum atomic E-state index is -1.03. The first-order chi connectivity index (χ1) is 6.63. The maximum Gasteiger partial charge on any atom is 0.328 e. The van der Waals surface area contributed by atoms with Crippen LogP contribution in [0.25, 0.3) is 6.08 Å². The molecule has 0 atom stereocenters. The van der Waals surface area contributed by atoms with Crippen molar-refractivity contribution in [1.29, 1.82) is 5.26 Å². The van der Waals surface area contributed by atoms with Gasteiger partial charge >= 0.3 is 5.97 Å². The second-order valence-corrected chi connectivity index (χ2v) is 3.43. The molecule has 0 unspecified atom stereocenters. The van der Waals surface area contributed by atoms with Gasteiger partial charge in [0.2, 0.25) is 0 Å². The standard InChI is InChI=1S/C10H6BrNO2/c11-9-3-1-8(6-12)7(5-9)2-4-10(13)14/h1-5H,(H,13,14)/b4-2-. The van der Waals surface area contributed by atoms with Gasteiger partial charge in [0, 0.05) is 10.5 Å². The average Bonchev–Trinajstić information content (AvgIpc) is 2.15. The smallest absolute Gasteiger partial charge is 0.328 e. The van der Waals surface area contributed by atoms with E-state index in [1.54, 1.807) is 18.2 Å². The van der Waals surface area contributed by atoms with Crippen LogP contribution < -0.4 is 0 Å². The Labute approximate surface area is 89.4 Å². The van der Waals surface area contributed by atoms with Crippen molar-refractivity contribution in [3.8, 4) is 6.07 Å². The number of rotatable bonds is 2. The molecule has 14 heavy (non-hydrogen) atoms. The predicted octanol–water partition coefficient (Wildman–Crippen LogP) is 2.42. The maximum absolute atomic E-state index is 10.3. The van der Waals surface area contributed by atoms with Gasteiger partial charge in [0.1, 0.15) is 0 Å². The van der Waals surface area contributed by atoms with Crippen molar-refractivity contribution in [3.63, 3.8) is 0 Å². The molecule has 1 rings (SSSR count). The van der Waals surface area contributed by atoms with Gasteiger partial charge in [0.05, 0.1) is 11.6 Å². The monoisotopic (exact) mass is 251 g/mol. The third-order valence-electron chi connectivity index (χ3n) is 1.54. The van der Waals surface area contributed by atoms with Gasteiger partial charge in [-0.1, -0.05) is 15.9 Å². The van der Waals surface area contributed by atoms with Crippen LogP contribution >= 0.6 is 15.9 Å². The van der Waals surface area contributed by atoms with E-state index in [4.69, 9.17) is 10.4 Å². The molecule has 4 heteroatoms. The van der Waals surface area contributed by atoms with E-state index < -0.39 is 5.97 Å². The van der Waals surface area contributed by atoms with Crippen molar-refractivity contribution >= 4 is 28.0 Å². The van der Waals surface area contributed by atoms with Crippen molar-refractivity contribution in [2.45, 2.75) is 0 Å². The van der Waals surface area contributed by atoms with Crippen molar-refractivity contribution in [1.82, 2.24) is 0 Å². The first kappa shape index (κ1) is 10.5. The van der Waals surface area contributed by atoms with Crippen molar-refractivity contribution in [2.75, 3.05) is 0 Å². The summed E-state index contributed by atoms with van der Waals surface area (Å²) in [5.41, 5.74) is 1.04. The third-order valence-corrected chi connectivity index (χ3v) is 2.03. The Morgan fingerprint density at radius 3 is 2.86 bits per heavy atom. The summed E-state index contributed by atoms with van der Waals surface area (Å²) in [6.45, 7) is 0. The quantitative estimate of drug-likeness (QED) is 0.822. The number of carbonyl (C=O) groups is 1. The van der Waals surface area contributed by atoms with Crippen molar-refractivity contribution in [2.24, 2.45) is 0 Å². The van der Waals surface area contributed by atoms with Gasteiger partial charge < -0.3 is 5.11 Å². The zero-order valence-corrected chi connectivity index (χ0v) is 8.65. The molecular formula is C10H6BrNO2. The lowest BCUT2D eigenvalue weighted by Gasteiger charge is -1.97. The number of hydrogen-bond acceptors (Lipinski definition) is 2. The number of hydrogen-bond donors (Lipinski definition) is 1. The van der Waals surface area contributed by atoms with E-state index in [2.05, 4.69) is 15.9 Å². The third kappa shape index (κ3) is 2.71. The molecule has 0 aliphatic rings. The molecule has 0 saturated heterocycles. The molecule has 0 fully saturated rings. The van der Waals surface area contributed by atoms with Gasteiger partial charge in [-0.15, -0.1) is 0 Å². The van der Waals surface area contributed by atoms with Gasteiger partial charge in [-0.2, -0.15) is 5.26 Å². The molecule has 1 N–H and O–H groups in total. The molecular weight excluding hydrogens is 246 g/mol. The van der Waals surface area contributed by atoms with Crippen LogP contribution in [-0.2, 0) is 4.79 Å². The molecule has 70 valence electrons. The Hall–Kier alpha value is -1.60. The first-order valence-electron chi connectivity index (χ1n) is 3.74. The van der Waals surface area contributed by atoms with Crippen LogP contribution in [0.3, 0.4) is 0 Å². The van der Waals surface area contributed by atoms with Crippen LogP contribution in [0.5, 0.6) is 0 Å². The van der Waals surface area contributed by atoms with Crippen LogP contribution in [0, 0.1) is 11.3 Å². The summed E-state index contributed by atoms with van der Waals surface area (Å²) in [7, 11) is 0. The summed E-state index contributed by atoms with van der Waals surface area (Å²) < 4.78 is 0.807. The normalized spacial score (nSPS) is 10.0. The predicted molar refractivity (Wildman–Crippen MR) is 55.5 cm³/mol. The number of nitriles is 1. The summed E-state index contributed by atoms with van der Waals surface area (Å²) in [4.78, 5) is 10.3. The van der Waals surface area contributed by atoms with Gasteiger partial charge in [-0.3, -0.25) is 0 Å². The Kier molecular flexibility index (Phi) is 3.43. The van der Waals surface area contributed by atoms with E-state index >= 15 is 0 Å². The molecule has 0 saturated carbocycles. The molecule has 3 nitrogen and oxygen atoms in total. The second kappa shape index (κ2) is 4.58. The van der Waals surface area contributed by atoms with Crippen LogP contribution in [0.2, 0.25) is 0 Å². The van der Waals surface area contributed by atoms with Crippen LogP contribution in [0.4, 0.5) is 0 Å². The molecule has 0 spiro atoms. The molecule has 0 amide bonds. The van der Waals surface area contributed by atoms with E-state index in [1.807, 2.05) is 6.07 Å². The van der Waals surface area contributed by atoms with Crippen LogP contribution in [0.1, 0.15) is 11.1 Å². The molecule has 0 aliphatic carbocycles. The zero-order chi connectivity index (χ0) is 10.6. The largest absolute Gasteiger partial charge is 0.478 e. The Morgan fingerprint density at radius 2 is 2.29 bits per heavy atom. The number of aliphatic carboxylic acids is 1. The average molecular weight is 252 g/mol. The number of benzene rings is 1. The lowest BCUT2D eigenvalue weighted by molar-refractivity contribution is -0.131. The molecule has 1 aromatic rings. The summed E-state index contributed by atoms with van der Waals surface area (Å²) in [5.74, 6) is -1.03. The highest BCUT2D eigenvalue weighted by Crippen LogP contribution is 2.17. The van der Waals surface area contributed by atoms with E-state index in [0.29, 0.717) is 11.1 Å².